The SMILES string of the molecule is C[C@H](CSC(=O)c1ccccc1)C(=O)N[C@@H](CSCc1ccc(Br)cc1)C(=O)O. The number of nitrogens with one attached hydrogen (secondary N) is 1. The molecule has 0 saturated heterocycles. The van der Waals surface area contributed by atoms with E-state index in [9.17, 15) is 19.5 Å². The van der Waals surface area contributed by atoms with Crippen LogP contribution < -0.4 is 5.32 Å². The average Bonchev–Trinajstić information content (AvgIpc) is 2.72. The molecule has 0 aliphatic carbocycles. The van der Waals surface area contributed by atoms with Crippen molar-refractivity contribution in [2.45, 2.75) is 18.7 Å². The van der Waals surface area contributed by atoms with E-state index in [1.54, 1.807) is 31.2 Å². The van der Waals surface area contributed by atoms with Crippen molar-refractivity contribution in [1.82, 2.24) is 5.32 Å². The Bertz CT molecular complexity index is 830. The van der Waals surface area contributed by atoms with E-state index in [-0.39, 0.29) is 22.5 Å². The molecule has 0 spiro atoms. The number of benzene rings is 2. The van der Waals surface area contributed by atoms with Gasteiger partial charge in [0.2, 0.25) is 11.0 Å². The van der Waals surface area contributed by atoms with Crippen LogP contribution in [0, 0.1) is 5.92 Å². The molecule has 1 amide bonds. The minimum atomic E-state index is -1.07. The first-order chi connectivity index (χ1) is 13.9. The van der Waals surface area contributed by atoms with E-state index in [0.717, 1.165) is 21.8 Å². The Labute approximate surface area is 187 Å². The molecular formula is C21H22BrNO4S2. The Morgan fingerprint density at radius 2 is 1.69 bits per heavy atom. The van der Waals surface area contributed by atoms with Gasteiger partial charge in [-0.05, 0) is 17.7 Å². The van der Waals surface area contributed by atoms with Crippen LogP contribution in [-0.4, -0.2) is 39.6 Å². The molecule has 29 heavy (non-hydrogen) atoms. The Balaban J connectivity index is 1.79. The molecule has 2 aromatic rings. The molecule has 0 radical (unpaired) electrons. The third-order valence-electron chi connectivity index (χ3n) is 4.00. The molecule has 0 aliphatic rings. The average molecular weight is 496 g/mol. The Morgan fingerprint density at radius 3 is 2.31 bits per heavy atom. The van der Waals surface area contributed by atoms with Gasteiger partial charge in [-0.2, -0.15) is 11.8 Å². The van der Waals surface area contributed by atoms with Gasteiger partial charge in [0.25, 0.3) is 0 Å². The van der Waals surface area contributed by atoms with E-state index in [1.807, 2.05) is 30.3 Å². The van der Waals surface area contributed by atoms with Crippen molar-refractivity contribution >= 4 is 56.4 Å². The number of carbonyl (C=O) groups is 3. The maximum absolute atomic E-state index is 12.4. The Kier molecular flexibility index (Phi) is 9.76. The first kappa shape index (κ1) is 23.5. The van der Waals surface area contributed by atoms with Crippen LogP contribution in [0.4, 0.5) is 0 Å². The second-order valence-electron chi connectivity index (χ2n) is 6.41. The van der Waals surface area contributed by atoms with Crippen molar-refractivity contribution in [3.63, 3.8) is 0 Å². The fourth-order valence-corrected chi connectivity index (χ4v) is 4.43. The lowest BCUT2D eigenvalue weighted by molar-refractivity contribution is -0.141. The minimum absolute atomic E-state index is 0.106. The first-order valence-electron chi connectivity index (χ1n) is 8.94. The minimum Gasteiger partial charge on any atom is -0.480 e. The second-order valence-corrected chi connectivity index (χ2v) is 9.35. The predicted octanol–water partition coefficient (Wildman–Crippen LogP) is 4.46. The fraction of sp³-hybridized carbons (Fsp3) is 0.286. The van der Waals surface area contributed by atoms with Gasteiger partial charge in [0.15, 0.2) is 0 Å². The Hall–Kier alpha value is -1.77. The number of carbonyl (C=O) groups excluding carboxylic acids is 2. The van der Waals surface area contributed by atoms with Crippen LogP contribution in [0.15, 0.2) is 59.1 Å². The number of halogens is 1. The van der Waals surface area contributed by atoms with Crippen molar-refractivity contribution in [1.29, 1.82) is 0 Å². The molecule has 0 aromatic heterocycles. The summed E-state index contributed by atoms with van der Waals surface area (Å²) < 4.78 is 0.986. The molecule has 5 nitrogen and oxygen atoms in total. The molecule has 0 heterocycles. The molecule has 0 fully saturated rings. The van der Waals surface area contributed by atoms with Gasteiger partial charge >= 0.3 is 5.97 Å². The zero-order valence-electron chi connectivity index (χ0n) is 15.8. The molecule has 2 rings (SSSR count). The van der Waals surface area contributed by atoms with Crippen molar-refractivity contribution in [3.8, 4) is 0 Å². The summed E-state index contributed by atoms with van der Waals surface area (Å²) in [7, 11) is 0. The van der Waals surface area contributed by atoms with E-state index in [1.165, 1.54) is 11.8 Å². The lowest BCUT2D eigenvalue weighted by Crippen LogP contribution is -2.45. The molecule has 0 saturated carbocycles. The number of hydrogen-bond acceptors (Lipinski definition) is 5. The largest absolute Gasteiger partial charge is 0.480 e. The van der Waals surface area contributed by atoms with Crippen molar-refractivity contribution < 1.29 is 19.5 Å². The van der Waals surface area contributed by atoms with Gasteiger partial charge < -0.3 is 10.4 Å². The number of thioether (sulfide) groups is 2. The van der Waals surface area contributed by atoms with Gasteiger partial charge in [0.05, 0.1) is 0 Å². The molecule has 2 aromatic carbocycles. The zero-order valence-corrected chi connectivity index (χ0v) is 19.1. The lowest BCUT2D eigenvalue weighted by Gasteiger charge is -2.17. The first-order valence-corrected chi connectivity index (χ1v) is 11.9. The maximum atomic E-state index is 12.4. The van der Waals surface area contributed by atoms with Crippen molar-refractivity contribution in [2.75, 3.05) is 11.5 Å². The van der Waals surface area contributed by atoms with Crippen LogP contribution in [0.2, 0.25) is 0 Å². The van der Waals surface area contributed by atoms with E-state index >= 15 is 0 Å². The summed E-state index contributed by atoms with van der Waals surface area (Å²) in [5, 5.41) is 11.9. The topological polar surface area (TPSA) is 83.5 Å². The summed E-state index contributed by atoms with van der Waals surface area (Å²) in [6, 6.07) is 15.7. The van der Waals surface area contributed by atoms with Crippen LogP contribution in [0.25, 0.3) is 0 Å². The van der Waals surface area contributed by atoms with Gasteiger partial charge in [0, 0.05) is 33.2 Å². The normalized spacial score (nSPS) is 12.8. The smallest absolute Gasteiger partial charge is 0.327 e. The summed E-state index contributed by atoms with van der Waals surface area (Å²) in [6.07, 6.45) is 0. The fourth-order valence-electron chi connectivity index (χ4n) is 2.30. The summed E-state index contributed by atoms with van der Waals surface area (Å²) >= 11 is 5.89. The van der Waals surface area contributed by atoms with Crippen molar-refractivity contribution in [3.05, 3.63) is 70.2 Å². The third-order valence-corrected chi connectivity index (χ3v) is 6.80. The van der Waals surface area contributed by atoms with E-state index in [4.69, 9.17) is 0 Å². The molecule has 2 atom stereocenters. The maximum Gasteiger partial charge on any atom is 0.327 e. The molecular weight excluding hydrogens is 474 g/mol. The molecule has 154 valence electrons. The molecule has 0 aliphatic heterocycles. The number of carboxylic acids is 1. The number of carboxylic acid groups (broad SMARTS) is 1. The van der Waals surface area contributed by atoms with Gasteiger partial charge in [0.1, 0.15) is 6.04 Å². The van der Waals surface area contributed by atoms with E-state index in [0.29, 0.717) is 11.3 Å². The van der Waals surface area contributed by atoms with Gasteiger partial charge in [-0.15, -0.1) is 0 Å². The predicted molar refractivity (Wildman–Crippen MR) is 122 cm³/mol. The third kappa shape index (κ3) is 8.24. The van der Waals surface area contributed by atoms with Crippen LogP contribution in [0.1, 0.15) is 22.8 Å². The summed E-state index contributed by atoms with van der Waals surface area (Å²) in [6.45, 7) is 1.69. The second kappa shape index (κ2) is 12.0. The van der Waals surface area contributed by atoms with Crippen LogP contribution in [0.5, 0.6) is 0 Å². The van der Waals surface area contributed by atoms with E-state index < -0.39 is 17.9 Å². The summed E-state index contributed by atoms with van der Waals surface area (Å²) in [5.41, 5.74) is 1.66. The standard InChI is InChI=1S/C21H22BrNO4S2/c1-14(11-29-21(27)16-5-3-2-4-6-16)19(24)23-18(20(25)26)13-28-12-15-7-9-17(22)10-8-15/h2-10,14,18H,11-13H2,1H3,(H,23,24)(H,25,26)/t14-,18+/m1/s1. The van der Waals surface area contributed by atoms with Gasteiger partial charge in [-0.25, -0.2) is 4.79 Å². The number of amides is 1. The number of hydrogen-bond donors (Lipinski definition) is 2. The monoisotopic (exact) mass is 495 g/mol. The highest BCUT2D eigenvalue weighted by Crippen LogP contribution is 2.18. The summed E-state index contributed by atoms with van der Waals surface area (Å²) in [5.74, 6) is -0.704. The van der Waals surface area contributed by atoms with Crippen molar-refractivity contribution in [2.24, 2.45) is 5.92 Å². The molecule has 8 heteroatoms. The van der Waals surface area contributed by atoms with Gasteiger partial charge in [-0.1, -0.05) is 77.1 Å². The highest BCUT2D eigenvalue weighted by Gasteiger charge is 2.23. The van der Waals surface area contributed by atoms with Crippen LogP contribution in [0.3, 0.4) is 0 Å². The lowest BCUT2D eigenvalue weighted by atomic mass is 10.2. The Morgan fingerprint density at radius 1 is 1.03 bits per heavy atom. The van der Waals surface area contributed by atoms with E-state index in [2.05, 4.69) is 21.2 Å². The van der Waals surface area contributed by atoms with Crippen LogP contribution >= 0.6 is 39.5 Å². The summed E-state index contributed by atoms with van der Waals surface area (Å²) in [4.78, 5) is 36.0. The molecule has 0 bridgehead atoms. The molecule has 0 unspecified atom stereocenters. The highest BCUT2D eigenvalue weighted by molar-refractivity contribution is 9.10. The zero-order chi connectivity index (χ0) is 21.2. The van der Waals surface area contributed by atoms with Crippen LogP contribution in [-0.2, 0) is 15.3 Å². The number of aliphatic carboxylic acids is 1. The highest BCUT2D eigenvalue weighted by atomic mass is 79.9. The van der Waals surface area contributed by atoms with Gasteiger partial charge in [-0.3, -0.25) is 9.59 Å². The quantitative estimate of drug-likeness (QED) is 0.506. The number of rotatable bonds is 10. The molecule has 2 N–H and O–H groups in total.